The highest BCUT2D eigenvalue weighted by Crippen LogP contribution is 2.30. The molecule has 1 aromatic rings. The van der Waals surface area contributed by atoms with Crippen LogP contribution in [0.1, 0.15) is 37.9 Å². The Bertz CT molecular complexity index is 389. The normalized spacial score (nSPS) is 11.9. The van der Waals surface area contributed by atoms with Gasteiger partial charge in [-0.2, -0.15) is 13.2 Å². The van der Waals surface area contributed by atoms with Crippen LogP contribution in [0.5, 0.6) is 5.88 Å². The third kappa shape index (κ3) is 3.60. The number of aromatic nitrogens is 1. The van der Waals surface area contributed by atoms with E-state index in [4.69, 9.17) is 10.5 Å². The molecule has 0 amide bonds. The van der Waals surface area contributed by atoms with Crippen LogP contribution in [0.4, 0.5) is 13.2 Å². The van der Waals surface area contributed by atoms with Crippen LogP contribution in [0.2, 0.25) is 0 Å². The van der Waals surface area contributed by atoms with Gasteiger partial charge in [0, 0.05) is 12.1 Å². The van der Waals surface area contributed by atoms with E-state index in [2.05, 4.69) is 4.98 Å². The Balaban J connectivity index is 3.06. The zero-order valence-corrected chi connectivity index (χ0v) is 10.4. The molecule has 1 heterocycles. The minimum Gasteiger partial charge on any atom is -0.474 e. The molecule has 0 spiro atoms. The van der Waals surface area contributed by atoms with Gasteiger partial charge in [-0.25, -0.2) is 4.98 Å². The number of alkyl halides is 3. The van der Waals surface area contributed by atoms with Crippen molar-refractivity contribution in [2.45, 2.75) is 45.5 Å². The average Bonchev–Trinajstić information content (AvgIpc) is 2.34. The SMILES string of the molecule is CCC(CC)Oc1nc(C(F)(F)F)ccc1CN. The topological polar surface area (TPSA) is 48.1 Å². The molecule has 18 heavy (non-hydrogen) atoms. The molecule has 0 aliphatic carbocycles. The molecule has 0 fully saturated rings. The van der Waals surface area contributed by atoms with E-state index in [9.17, 15) is 13.2 Å². The second kappa shape index (κ2) is 6.04. The number of ether oxygens (including phenoxy) is 1. The summed E-state index contributed by atoms with van der Waals surface area (Å²) in [7, 11) is 0. The Morgan fingerprint density at radius 3 is 2.33 bits per heavy atom. The monoisotopic (exact) mass is 262 g/mol. The van der Waals surface area contributed by atoms with Gasteiger partial charge in [0.15, 0.2) is 0 Å². The van der Waals surface area contributed by atoms with Crippen LogP contribution in [-0.2, 0) is 12.7 Å². The number of nitrogens with zero attached hydrogens (tertiary/aromatic N) is 1. The van der Waals surface area contributed by atoms with Gasteiger partial charge in [-0.05, 0) is 18.9 Å². The van der Waals surface area contributed by atoms with Crippen molar-refractivity contribution >= 4 is 0 Å². The minimum absolute atomic E-state index is 0.0129. The van der Waals surface area contributed by atoms with Crippen LogP contribution in [0.15, 0.2) is 12.1 Å². The molecule has 0 saturated heterocycles. The Labute approximate surface area is 104 Å². The second-order valence-corrected chi connectivity index (χ2v) is 3.92. The maximum Gasteiger partial charge on any atom is 0.433 e. The number of rotatable bonds is 5. The first-order valence-electron chi connectivity index (χ1n) is 5.86. The lowest BCUT2D eigenvalue weighted by Gasteiger charge is -2.18. The van der Waals surface area contributed by atoms with E-state index >= 15 is 0 Å². The van der Waals surface area contributed by atoms with E-state index in [-0.39, 0.29) is 18.5 Å². The van der Waals surface area contributed by atoms with Gasteiger partial charge in [-0.15, -0.1) is 0 Å². The molecule has 1 aromatic heterocycles. The lowest BCUT2D eigenvalue weighted by atomic mass is 10.2. The average molecular weight is 262 g/mol. The van der Waals surface area contributed by atoms with Crippen molar-refractivity contribution in [3.8, 4) is 5.88 Å². The number of halogens is 3. The van der Waals surface area contributed by atoms with Crippen LogP contribution in [-0.4, -0.2) is 11.1 Å². The van der Waals surface area contributed by atoms with Gasteiger partial charge in [0.1, 0.15) is 5.69 Å². The zero-order valence-electron chi connectivity index (χ0n) is 10.4. The summed E-state index contributed by atoms with van der Waals surface area (Å²) < 4.78 is 43.1. The first-order chi connectivity index (χ1) is 8.42. The lowest BCUT2D eigenvalue weighted by molar-refractivity contribution is -0.141. The molecule has 0 bridgehead atoms. The van der Waals surface area contributed by atoms with Crippen molar-refractivity contribution in [3.63, 3.8) is 0 Å². The molecule has 0 aliphatic rings. The lowest BCUT2D eigenvalue weighted by Crippen LogP contribution is -2.18. The van der Waals surface area contributed by atoms with Gasteiger partial charge >= 0.3 is 6.18 Å². The molecule has 0 saturated carbocycles. The highest BCUT2D eigenvalue weighted by molar-refractivity contribution is 5.29. The van der Waals surface area contributed by atoms with Crippen molar-refractivity contribution in [1.29, 1.82) is 0 Å². The summed E-state index contributed by atoms with van der Waals surface area (Å²) in [6.07, 6.45) is -3.21. The van der Waals surface area contributed by atoms with Gasteiger partial charge in [0.05, 0.1) is 6.10 Å². The molecule has 0 atom stereocenters. The van der Waals surface area contributed by atoms with Crippen molar-refractivity contribution in [2.24, 2.45) is 5.73 Å². The van der Waals surface area contributed by atoms with Crippen molar-refractivity contribution in [3.05, 3.63) is 23.4 Å². The quantitative estimate of drug-likeness (QED) is 0.886. The zero-order chi connectivity index (χ0) is 13.8. The molecule has 0 radical (unpaired) electrons. The molecule has 3 nitrogen and oxygen atoms in total. The van der Waals surface area contributed by atoms with E-state index in [1.54, 1.807) is 0 Å². The minimum atomic E-state index is -4.47. The highest BCUT2D eigenvalue weighted by atomic mass is 19.4. The molecular formula is C12H17F3N2O. The third-order valence-corrected chi connectivity index (χ3v) is 2.64. The fraction of sp³-hybridized carbons (Fsp3) is 0.583. The first-order valence-corrected chi connectivity index (χ1v) is 5.86. The smallest absolute Gasteiger partial charge is 0.433 e. The van der Waals surface area contributed by atoms with Gasteiger partial charge in [0.2, 0.25) is 5.88 Å². The summed E-state index contributed by atoms with van der Waals surface area (Å²) in [6, 6.07) is 2.23. The van der Waals surface area contributed by atoms with E-state index < -0.39 is 11.9 Å². The molecule has 1 rings (SSSR count). The van der Waals surface area contributed by atoms with Crippen LogP contribution < -0.4 is 10.5 Å². The molecule has 0 aromatic carbocycles. The number of pyridine rings is 1. The summed E-state index contributed by atoms with van der Waals surface area (Å²) in [5, 5.41) is 0. The van der Waals surface area contributed by atoms with E-state index in [0.717, 1.165) is 6.07 Å². The molecule has 2 N–H and O–H groups in total. The molecule has 6 heteroatoms. The molecule has 0 unspecified atom stereocenters. The molecule has 102 valence electrons. The summed E-state index contributed by atoms with van der Waals surface area (Å²) in [5.74, 6) is -0.0129. The standard InChI is InChI=1S/C12H17F3N2O/c1-3-9(4-2)18-11-8(7-16)5-6-10(17-11)12(13,14)15/h5-6,9H,3-4,7,16H2,1-2H3. The Hall–Kier alpha value is -1.30. The predicted molar refractivity (Wildman–Crippen MR) is 62.1 cm³/mol. The summed E-state index contributed by atoms with van der Waals surface area (Å²) >= 11 is 0. The van der Waals surface area contributed by atoms with E-state index in [0.29, 0.717) is 18.4 Å². The fourth-order valence-corrected chi connectivity index (χ4v) is 1.50. The predicted octanol–water partition coefficient (Wildman–Crippen LogP) is 3.13. The third-order valence-electron chi connectivity index (χ3n) is 2.64. The maximum atomic E-state index is 12.6. The van der Waals surface area contributed by atoms with Gasteiger partial charge in [-0.3, -0.25) is 0 Å². The van der Waals surface area contributed by atoms with Crippen molar-refractivity contribution in [2.75, 3.05) is 0 Å². The molecule has 0 aliphatic heterocycles. The second-order valence-electron chi connectivity index (χ2n) is 3.92. The number of hydrogen-bond acceptors (Lipinski definition) is 3. The molecular weight excluding hydrogens is 245 g/mol. The van der Waals surface area contributed by atoms with Crippen LogP contribution in [0.25, 0.3) is 0 Å². The Kier molecular flexibility index (Phi) is 4.95. The van der Waals surface area contributed by atoms with Crippen LogP contribution in [0, 0.1) is 0 Å². The van der Waals surface area contributed by atoms with Gasteiger partial charge in [-0.1, -0.05) is 19.9 Å². The van der Waals surface area contributed by atoms with Crippen LogP contribution >= 0.6 is 0 Å². The van der Waals surface area contributed by atoms with Crippen molar-refractivity contribution in [1.82, 2.24) is 4.98 Å². The van der Waals surface area contributed by atoms with Gasteiger partial charge in [0.25, 0.3) is 0 Å². The van der Waals surface area contributed by atoms with Crippen LogP contribution in [0.3, 0.4) is 0 Å². The Morgan fingerprint density at radius 1 is 1.28 bits per heavy atom. The number of nitrogens with two attached hydrogens (primary N) is 1. The summed E-state index contributed by atoms with van der Waals surface area (Å²) in [6.45, 7) is 3.91. The van der Waals surface area contributed by atoms with E-state index in [1.807, 2.05) is 13.8 Å². The van der Waals surface area contributed by atoms with E-state index in [1.165, 1.54) is 6.07 Å². The highest BCUT2D eigenvalue weighted by Gasteiger charge is 2.33. The summed E-state index contributed by atoms with van der Waals surface area (Å²) in [4.78, 5) is 3.52. The first kappa shape index (κ1) is 14.8. The summed E-state index contributed by atoms with van der Waals surface area (Å²) in [5.41, 5.74) is 4.99. The Morgan fingerprint density at radius 2 is 1.89 bits per heavy atom. The largest absolute Gasteiger partial charge is 0.474 e. The fourth-order valence-electron chi connectivity index (χ4n) is 1.50. The maximum absolute atomic E-state index is 12.6. The number of hydrogen-bond donors (Lipinski definition) is 1. The van der Waals surface area contributed by atoms with Gasteiger partial charge < -0.3 is 10.5 Å². The van der Waals surface area contributed by atoms with Crippen molar-refractivity contribution < 1.29 is 17.9 Å².